The van der Waals surface area contributed by atoms with Crippen molar-refractivity contribution in [2.75, 3.05) is 12.4 Å². The Morgan fingerprint density at radius 3 is 2.42 bits per heavy atom. The summed E-state index contributed by atoms with van der Waals surface area (Å²) in [5, 5.41) is 9.44. The van der Waals surface area contributed by atoms with Crippen LogP contribution in [0.4, 0.5) is 0 Å². The van der Waals surface area contributed by atoms with Gasteiger partial charge >= 0.3 is 0 Å². The first-order valence-corrected chi connectivity index (χ1v) is 11.0. The number of benzene rings is 2. The average molecular weight is 431 g/mol. The van der Waals surface area contributed by atoms with Gasteiger partial charge in [-0.15, -0.1) is 10.2 Å². The number of carbonyl (C=O) groups excluding carboxylic acids is 1. The lowest BCUT2D eigenvalue weighted by atomic mass is 10.1. The van der Waals surface area contributed by atoms with Crippen molar-refractivity contribution in [1.29, 1.82) is 0 Å². The first-order valence-electron chi connectivity index (χ1n) is 10.0. The van der Waals surface area contributed by atoms with Crippen molar-refractivity contribution >= 4 is 17.5 Å². The van der Waals surface area contributed by atoms with Gasteiger partial charge in [-0.05, 0) is 48.9 Å². The van der Waals surface area contributed by atoms with E-state index in [-0.39, 0.29) is 5.78 Å². The standard InChI is InChI=1S/C24H22N4O2S/c1-2-30-22-10-8-18(9-11-22)16-21(29)17-31-24-27-26-23(19-12-14-25-15-13-19)28(24)20-6-4-3-5-7-20/h3-15H,2,16-17H2,1H3. The van der Waals surface area contributed by atoms with Gasteiger partial charge < -0.3 is 4.74 Å². The van der Waals surface area contributed by atoms with E-state index in [4.69, 9.17) is 4.74 Å². The van der Waals surface area contributed by atoms with Crippen molar-refractivity contribution < 1.29 is 9.53 Å². The fourth-order valence-electron chi connectivity index (χ4n) is 3.16. The summed E-state index contributed by atoms with van der Waals surface area (Å²) in [6, 6.07) is 21.4. The molecular weight excluding hydrogens is 408 g/mol. The molecule has 156 valence electrons. The maximum atomic E-state index is 12.6. The van der Waals surface area contributed by atoms with Crippen LogP contribution in [0.15, 0.2) is 84.3 Å². The molecule has 0 atom stereocenters. The van der Waals surface area contributed by atoms with E-state index in [0.29, 0.717) is 23.9 Å². The van der Waals surface area contributed by atoms with Crippen LogP contribution in [0.1, 0.15) is 12.5 Å². The van der Waals surface area contributed by atoms with Crippen LogP contribution in [0.25, 0.3) is 17.1 Å². The van der Waals surface area contributed by atoms with E-state index in [1.165, 1.54) is 11.8 Å². The van der Waals surface area contributed by atoms with Crippen molar-refractivity contribution in [3.63, 3.8) is 0 Å². The number of ether oxygens (including phenoxy) is 1. The summed E-state index contributed by atoms with van der Waals surface area (Å²) in [6.07, 6.45) is 3.83. The second kappa shape index (κ2) is 10.0. The second-order valence-corrected chi connectivity index (χ2v) is 7.74. The summed E-state index contributed by atoms with van der Waals surface area (Å²) in [6.45, 7) is 2.57. The number of hydrogen-bond donors (Lipinski definition) is 0. The highest BCUT2D eigenvalue weighted by Gasteiger charge is 2.17. The Bertz CT molecular complexity index is 1130. The van der Waals surface area contributed by atoms with Crippen molar-refractivity contribution in [2.24, 2.45) is 0 Å². The van der Waals surface area contributed by atoms with Gasteiger partial charge in [-0.3, -0.25) is 14.3 Å². The zero-order chi connectivity index (χ0) is 21.5. The molecule has 0 saturated carbocycles. The summed E-state index contributed by atoms with van der Waals surface area (Å²) in [4.78, 5) is 16.7. The molecule has 4 aromatic rings. The second-order valence-electron chi connectivity index (χ2n) is 6.79. The Balaban J connectivity index is 1.50. The van der Waals surface area contributed by atoms with Gasteiger partial charge in [-0.25, -0.2) is 0 Å². The SMILES string of the molecule is CCOc1ccc(CC(=O)CSc2nnc(-c3ccncc3)n2-c2ccccc2)cc1. The number of rotatable bonds is 9. The minimum atomic E-state index is 0.127. The summed E-state index contributed by atoms with van der Waals surface area (Å²) < 4.78 is 7.43. The molecule has 2 aromatic heterocycles. The Labute approximate surface area is 185 Å². The minimum absolute atomic E-state index is 0.127. The Hall–Kier alpha value is -3.45. The fraction of sp³-hybridized carbons (Fsp3) is 0.167. The van der Waals surface area contributed by atoms with E-state index in [9.17, 15) is 4.79 Å². The van der Waals surface area contributed by atoms with Gasteiger partial charge in [0.1, 0.15) is 11.5 Å². The number of carbonyl (C=O) groups is 1. The molecule has 0 spiro atoms. The van der Waals surface area contributed by atoms with Crippen molar-refractivity contribution in [1.82, 2.24) is 19.7 Å². The van der Waals surface area contributed by atoms with Crippen LogP contribution in [-0.4, -0.2) is 37.9 Å². The molecular formula is C24H22N4O2S. The van der Waals surface area contributed by atoms with Crippen LogP contribution in [0.3, 0.4) is 0 Å². The zero-order valence-corrected chi connectivity index (χ0v) is 18.0. The average Bonchev–Trinajstić information content (AvgIpc) is 3.24. The Morgan fingerprint density at radius 1 is 0.968 bits per heavy atom. The van der Waals surface area contributed by atoms with E-state index < -0.39 is 0 Å². The third-order valence-corrected chi connectivity index (χ3v) is 5.57. The number of hydrogen-bond acceptors (Lipinski definition) is 6. The van der Waals surface area contributed by atoms with Crippen LogP contribution < -0.4 is 4.74 Å². The summed E-state index contributed by atoms with van der Waals surface area (Å²) in [5.74, 6) is 1.97. The van der Waals surface area contributed by atoms with Crippen LogP contribution in [0.2, 0.25) is 0 Å². The lowest BCUT2D eigenvalue weighted by molar-refractivity contribution is -0.116. The fourth-order valence-corrected chi connectivity index (χ4v) is 3.97. The molecule has 0 amide bonds. The Kier molecular flexibility index (Phi) is 6.74. The number of para-hydroxylation sites is 1. The quantitative estimate of drug-likeness (QED) is 0.361. The van der Waals surface area contributed by atoms with E-state index in [0.717, 1.165) is 28.4 Å². The molecule has 0 fully saturated rings. The number of pyridine rings is 1. The van der Waals surface area contributed by atoms with Gasteiger partial charge in [0.05, 0.1) is 12.4 Å². The predicted octanol–water partition coefficient (Wildman–Crippen LogP) is 4.63. The third-order valence-electron chi connectivity index (χ3n) is 4.58. The molecule has 2 aromatic carbocycles. The molecule has 0 aliphatic rings. The number of aromatic nitrogens is 4. The molecule has 2 heterocycles. The molecule has 0 aliphatic heterocycles. The number of Topliss-reactive ketones (excluding diaryl/α,β-unsaturated/α-hetero) is 1. The van der Waals surface area contributed by atoms with E-state index in [1.54, 1.807) is 12.4 Å². The van der Waals surface area contributed by atoms with Gasteiger partial charge in [0.15, 0.2) is 11.0 Å². The van der Waals surface area contributed by atoms with Gasteiger partial charge in [-0.2, -0.15) is 0 Å². The van der Waals surface area contributed by atoms with Gasteiger partial charge in [0.25, 0.3) is 0 Å². The molecule has 4 rings (SSSR count). The molecule has 0 radical (unpaired) electrons. The lowest BCUT2D eigenvalue weighted by Gasteiger charge is -2.10. The van der Waals surface area contributed by atoms with Gasteiger partial charge in [0.2, 0.25) is 0 Å². The molecule has 0 unspecified atom stereocenters. The highest BCUT2D eigenvalue weighted by molar-refractivity contribution is 7.99. The summed E-state index contributed by atoms with van der Waals surface area (Å²) >= 11 is 1.40. The number of nitrogens with zero attached hydrogens (tertiary/aromatic N) is 4. The predicted molar refractivity (Wildman–Crippen MR) is 122 cm³/mol. The third kappa shape index (κ3) is 5.19. The monoisotopic (exact) mass is 430 g/mol. The minimum Gasteiger partial charge on any atom is -0.494 e. The van der Waals surface area contributed by atoms with Crippen molar-refractivity contribution in [3.8, 4) is 22.8 Å². The Morgan fingerprint density at radius 2 is 1.71 bits per heavy atom. The number of thioether (sulfide) groups is 1. The lowest BCUT2D eigenvalue weighted by Crippen LogP contribution is -2.07. The van der Waals surface area contributed by atoms with Crippen LogP contribution in [0.5, 0.6) is 5.75 Å². The molecule has 31 heavy (non-hydrogen) atoms. The molecule has 0 N–H and O–H groups in total. The zero-order valence-electron chi connectivity index (χ0n) is 17.1. The maximum absolute atomic E-state index is 12.6. The summed E-state index contributed by atoms with van der Waals surface area (Å²) in [7, 11) is 0. The van der Waals surface area contributed by atoms with Crippen molar-refractivity contribution in [2.45, 2.75) is 18.5 Å². The normalized spacial score (nSPS) is 10.7. The molecule has 0 bridgehead atoms. The van der Waals surface area contributed by atoms with E-state index in [2.05, 4.69) is 15.2 Å². The van der Waals surface area contributed by atoms with Crippen LogP contribution >= 0.6 is 11.8 Å². The van der Waals surface area contributed by atoms with E-state index in [1.807, 2.05) is 78.2 Å². The molecule has 0 aliphatic carbocycles. The first-order chi connectivity index (χ1) is 15.2. The first kappa shape index (κ1) is 20.8. The van der Waals surface area contributed by atoms with Crippen LogP contribution in [-0.2, 0) is 11.2 Å². The van der Waals surface area contributed by atoms with Crippen LogP contribution in [0, 0.1) is 0 Å². The highest BCUT2D eigenvalue weighted by Crippen LogP contribution is 2.27. The largest absolute Gasteiger partial charge is 0.494 e. The van der Waals surface area contributed by atoms with Gasteiger partial charge in [0, 0.05) is 30.1 Å². The molecule has 7 heteroatoms. The maximum Gasteiger partial charge on any atom is 0.196 e. The van der Waals surface area contributed by atoms with E-state index >= 15 is 0 Å². The molecule has 0 saturated heterocycles. The smallest absolute Gasteiger partial charge is 0.196 e. The van der Waals surface area contributed by atoms with Gasteiger partial charge in [-0.1, -0.05) is 42.1 Å². The summed E-state index contributed by atoms with van der Waals surface area (Å²) in [5.41, 5.74) is 2.83. The van der Waals surface area contributed by atoms with Crippen molar-refractivity contribution in [3.05, 3.63) is 84.7 Å². The highest BCUT2D eigenvalue weighted by atomic mass is 32.2. The topological polar surface area (TPSA) is 69.9 Å². The molecule has 6 nitrogen and oxygen atoms in total. The number of ketones is 1.